The van der Waals surface area contributed by atoms with E-state index in [0.29, 0.717) is 12.4 Å². The van der Waals surface area contributed by atoms with Crippen molar-refractivity contribution >= 4 is 40.5 Å². The van der Waals surface area contributed by atoms with Gasteiger partial charge in [-0.1, -0.05) is 36.4 Å². The number of fused-ring (bicyclic) bond motifs is 1. The van der Waals surface area contributed by atoms with Gasteiger partial charge in [-0.3, -0.25) is 4.79 Å². The third-order valence-electron chi connectivity index (χ3n) is 4.02. The maximum absolute atomic E-state index is 11.3. The van der Waals surface area contributed by atoms with Crippen molar-refractivity contribution in [2.75, 3.05) is 6.54 Å². The molecule has 0 aliphatic rings. The number of aryl methyl sites for hydroxylation is 1. The minimum absolute atomic E-state index is 0.0627. The lowest BCUT2D eigenvalue weighted by atomic mass is 10.1. The number of carboxylic acids is 1. The first-order valence-corrected chi connectivity index (χ1v) is 9.37. The first-order valence-electron chi connectivity index (χ1n) is 8.60. The smallest absolute Gasteiger partial charge is 0.318 e. The topological polar surface area (TPSA) is 118 Å². The van der Waals surface area contributed by atoms with Crippen molar-refractivity contribution in [3.8, 4) is 0 Å². The van der Waals surface area contributed by atoms with Crippen LogP contribution in [0.15, 0.2) is 64.6 Å². The summed E-state index contributed by atoms with van der Waals surface area (Å²) >= 11 is 1.37. The van der Waals surface area contributed by atoms with Gasteiger partial charge in [0, 0.05) is 23.0 Å². The van der Waals surface area contributed by atoms with E-state index in [2.05, 4.69) is 9.98 Å². The van der Waals surface area contributed by atoms with Gasteiger partial charge in [0.05, 0.1) is 0 Å². The molecule has 0 spiro atoms. The zero-order valence-electron chi connectivity index (χ0n) is 15.4. The van der Waals surface area contributed by atoms with Gasteiger partial charge in [-0.2, -0.15) is 4.99 Å². The van der Waals surface area contributed by atoms with Gasteiger partial charge in [0.25, 0.3) is 0 Å². The molecule has 0 aliphatic heterocycles. The summed E-state index contributed by atoms with van der Waals surface area (Å²) in [5, 5.41) is 11.1. The predicted octanol–water partition coefficient (Wildman–Crippen LogP) is 3.04. The van der Waals surface area contributed by atoms with E-state index < -0.39 is 5.97 Å². The van der Waals surface area contributed by atoms with Crippen molar-refractivity contribution in [3.63, 3.8) is 0 Å². The van der Waals surface area contributed by atoms with Crippen LogP contribution in [0.2, 0.25) is 0 Å². The summed E-state index contributed by atoms with van der Waals surface area (Å²) < 4.78 is 1.79. The lowest BCUT2D eigenvalue weighted by molar-refractivity contribution is -0.137. The van der Waals surface area contributed by atoms with Crippen molar-refractivity contribution in [1.29, 1.82) is 0 Å². The lowest BCUT2D eigenvalue weighted by Gasteiger charge is -2.19. The fourth-order valence-electron chi connectivity index (χ4n) is 2.82. The van der Waals surface area contributed by atoms with Gasteiger partial charge >= 0.3 is 5.97 Å². The van der Waals surface area contributed by atoms with Gasteiger partial charge in [-0.15, -0.1) is 0 Å². The first-order chi connectivity index (χ1) is 13.4. The molecule has 144 valence electrons. The molecule has 0 fully saturated rings. The Morgan fingerprint density at radius 2 is 1.93 bits per heavy atom. The summed E-state index contributed by atoms with van der Waals surface area (Å²) in [4.78, 5) is 20.6. The number of pyridine rings is 1. The molecule has 3 aromatic rings. The van der Waals surface area contributed by atoms with E-state index in [0.717, 1.165) is 26.8 Å². The van der Waals surface area contributed by atoms with Crippen molar-refractivity contribution < 1.29 is 9.90 Å². The molecule has 0 atom stereocenters. The number of carbonyl (C=O) groups is 1. The summed E-state index contributed by atoms with van der Waals surface area (Å²) in [6.45, 7) is 2.38. The summed E-state index contributed by atoms with van der Waals surface area (Å²) in [5.41, 5.74) is 13.1. The number of guanidine groups is 1. The molecular weight excluding hydrogens is 374 g/mol. The van der Waals surface area contributed by atoms with Crippen LogP contribution in [-0.4, -0.2) is 32.9 Å². The number of hydrogen-bond acceptors (Lipinski definition) is 5. The fourth-order valence-corrected chi connectivity index (χ4v) is 3.81. The molecule has 0 saturated heterocycles. The Bertz CT molecular complexity index is 1020. The minimum Gasteiger partial charge on any atom is -0.480 e. The van der Waals surface area contributed by atoms with Gasteiger partial charge in [0.15, 0.2) is 11.8 Å². The second kappa shape index (κ2) is 8.73. The second-order valence-electron chi connectivity index (χ2n) is 6.28. The Morgan fingerprint density at radius 3 is 2.61 bits per heavy atom. The summed E-state index contributed by atoms with van der Waals surface area (Å²) in [6, 6.07) is 15.6. The van der Waals surface area contributed by atoms with Gasteiger partial charge in [-0.05, 0) is 47.5 Å². The maximum Gasteiger partial charge on any atom is 0.318 e. The molecule has 0 saturated carbocycles. The molecule has 1 aromatic heterocycles. The number of carboxylic acid groups (broad SMARTS) is 1. The van der Waals surface area contributed by atoms with Gasteiger partial charge in [0.1, 0.15) is 6.54 Å². The van der Waals surface area contributed by atoms with E-state index in [1.54, 1.807) is 10.5 Å². The summed E-state index contributed by atoms with van der Waals surface area (Å²) in [7, 11) is 0. The van der Waals surface area contributed by atoms with Crippen LogP contribution in [-0.2, 0) is 11.3 Å². The number of nitrogens with zero attached hydrogens (tertiary/aromatic N) is 3. The van der Waals surface area contributed by atoms with Crippen molar-refractivity contribution in [2.45, 2.75) is 18.4 Å². The highest BCUT2D eigenvalue weighted by atomic mass is 32.2. The average molecular weight is 395 g/mol. The Morgan fingerprint density at radius 1 is 1.18 bits per heavy atom. The van der Waals surface area contributed by atoms with E-state index >= 15 is 0 Å². The van der Waals surface area contributed by atoms with Crippen LogP contribution in [0, 0.1) is 6.92 Å². The largest absolute Gasteiger partial charge is 0.480 e. The predicted molar refractivity (Wildman–Crippen MR) is 112 cm³/mol. The van der Waals surface area contributed by atoms with Crippen LogP contribution < -0.4 is 11.5 Å². The number of aliphatic imine (C=N–C) groups is 1. The molecule has 0 unspecified atom stereocenters. The van der Waals surface area contributed by atoms with Gasteiger partial charge < -0.3 is 16.6 Å². The highest BCUT2D eigenvalue weighted by Crippen LogP contribution is 2.32. The van der Waals surface area contributed by atoms with Crippen LogP contribution in [0.5, 0.6) is 0 Å². The van der Waals surface area contributed by atoms with E-state index in [1.807, 2.05) is 55.5 Å². The zero-order valence-corrected chi connectivity index (χ0v) is 16.2. The number of hydrogen-bond donors (Lipinski definition) is 3. The van der Waals surface area contributed by atoms with Crippen LogP contribution in [0.3, 0.4) is 0 Å². The van der Waals surface area contributed by atoms with E-state index in [4.69, 9.17) is 11.5 Å². The normalized spacial score (nSPS) is 10.9. The first kappa shape index (κ1) is 19.7. The third-order valence-corrected chi connectivity index (χ3v) is 5.00. The molecule has 7 nitrogen and oxygen atoms in total. The van der Waals surface area contributed by atoms with E-state index in [1.165, 1.54) is 11.9 Å². The standard InChI is InChI=1S/C20H21N5O2S/c1-13-10-23-19(24-20(21)22)17-9-15(7-8-16(13)17)28-25(12-18(26)27)11-14-5-3-2-4-6-14/h2-10H,11-12H2,1H3,(H,26,27)(H4,21,22,23,24). The fraction of sp³-hybridized carbons (Fsp3) is 0.150. The molecule has 0 radical (unpaired) electrons. The third kappa shape index (κ3) is 4.99. The SMILES string of the molecule is Cc1cnc(N=C(N)N)c2cc(SN(CC(=O)O)Cc3ccccc3)ccc12. The van der Waals surface area contributed by atoms with Gasteiger partial charge in [-0.25, -0.2) is 9.29 Å². The van der Waals surface area contributed by atoms with Crippen molar-refractivity contribution in [2.24, 2.45) is 16.5 Å². The zero-order chi connectivity index (χ0) is 20.1. The minimum atomic E-state index is -0.886. The van der Waals surface area contributed by atoms with Crippen LogP contribution in [0.4, 0.5) is 5.82 Å². The second-order valence-corrected chi connectivity index (χ2v) is 7.45. The molecule has 0 aliphatic carbocycles. The average Bonchev–Trinajstić information content (AvgIpc) is 2.64. The van der Waals surface area contributed by atoms with Crippen molar-refractivity contribution in [1.82, 2.24) is 9.29 Å². The number of rotatable bonds is 7. The van der Waals surface area contributed by atoms with Crippen molar-refractivity contribution in [3.05, 3.63) is 65.9 Å². The monoisotopic (exact) mass is 395 g/mol. The molecular formula is C20H21N5O2S. The maximum atomic E-state index is 11.3. The number of aromatic nitrogens is 1. The summed E-state index contributed by atoms with van der Waals surface area (Å²) in [6.07, 6.45) is 1.73. The highest BCUT2D eigenvalue weighted by Gasteiger charge is 2.14. The quantitative estimate of drug-likeness (QED) is 0.320. The van der Waals surface area contributed by atoms with Crippen LogP contribution in [0.25, 0.3) is 10.8 Å². The van der Waals surface area contributed by atoms with Gasteiger partial charge in [0.2, 0.25) is 0 Å². The Labute approximate surface area is 167 Å². The van der Waals surface area contributed by atoms with E-state index in [-0.39, 0.29) is 12.5 Å². The number of nitrogens with two attached hydrogens (primary N) is 2. The summed E-state index contributed by atoms with van der Waals surface area (Å²) in [5.74, 6) is -0.508. The molecule has 28 heavy (non-hydrogen) atoms. The molecule has 3 rings (SSSR count). The lowest BCUT2D eigenvalue weighted by Crippen LogP contribution is -2.23. The number of benzene rings is 2. The molecule has 0 amide bonds. The molecule has 0 bridgehead atoms. The molecule has 5 N–H and O–H groups in total. The highest BCUT2D eigenvalue weighted by molar-refractivity contribution is 7.97. The molecule has 2 aromatic carbocycles. The molecule has 1 heterocycles. The number of aliphatic carboxylic acids is 1. The van der Waals surface area contributed by atoms with E-state index in [9.17, 15) is 9.90 Å². The Balaban J connectivity index is 1.94. The van der Waals surface area contributed by atoms with Crippen LogP contribution >= 0.6 is 11.9 Å². The van der Waals surface area contributed by atoms with Crippen LogP contribution in [0.1, 0.15) is 11.1 Å². The molecule has 8 heteroatoms. The Hall–Kier alpha value is -3.10. The Kier molecular flexibility index (Phi) is 6.13.